The Hall–Kier alpha value is -2.92. The van der Waals surface area contributed by atoms with Crippen molar-refractivity contribution in [1.29, 1.82) is 0 Å². The van der Waals surface area contributed by atoms with E-state index in [0.29, 0.717) is 19.4 Å². The van der Waals surface area contributed by atoms with Crippen molar-refractivity contribution >= 4 is 44.8 Å². The quantitative estimate of drug-likeness (QED) is 0.554. The molecular formula is C22H28N4O5S2. The summed E-state index contributed by atoms with van der Waals surface area (Å²) in [4.78, 5) is 39.6. The van der Waals surface area contributed by atoms with Crippen LogP contribution < -0.4 is 15.6 Å². The number of anilines is 1. The molecule has 0 saturated carbocycles. The highest BCUT2D eigenvalue weighted by Gasteiger charge is 2.33. The number of nitrogens with zero attached hydrogens (tertiary/aromatic N) is 1. The minimum atomic E-state index is -3.84. The summed E-state index contributed by atoms with van der Waals surface area (Å²) >= 11 is 1.06. The molecule has 3 amide bonds. The van der Waals surface area contributed by atoms with E-state index >= 15 is 0 Å². The second-order valence-electron chi connectivity index (χ2n) is 8.87. The first-order valence-corrected chi connectivity index (χ1v) is 12.9. The summed E-state index contributed by atoms with van der Waals surface area (Å²) in [5.74, 6) is -1.52. The topological polar surface area (TPSA) is 125 Å². The second kappa shape index (κ2) is 9.92. The molecule has 178 valence electrons. The molecule has 1 atom stereocenters. The number of hydrogen-bond donors (Lipinski definition) is 3. The molecule has 1 aliphatic rings. The summed E-state index contributed by atoms with van der Waals surface area (Å²) in [5, 5.41) is 1.64. The van der Waals surface area contributed by atoms with Gasteiger partial charge in [0.15, 0.2) is 0 Å². The average Bonchev–Trinajstić information content (AvgIpc) is 3.32. The Balaban J connectivity index is 1.63. The van der Waals surface area contributed by atoms with Crippen molar-refractivity contribution in [2.75, 3.05) is 17.8 Å². The van der Waals surface area contributed by atoms with Crippen molar-refractivity contribution in [2.24, 2.45) is 11.3 Å². The Labute approximate surface area is 197 Å². The van der Waals surface area contributed by atoms with Crippen molar-refractivity contribution in [2.45, 2.75) is 37.8 Å². The fraction of sp³-hybridized carbons (Fsp3) is 0.409. The van der Waals surface area contributed by atoms with Gasteiger partial charge in [0.2, 0.25) is 11.8 Å². The maximum Gasteiger partial charge on any atom is 0.271 e. The molecule has 3 rings (SSSR count). The number of thiophene rings is 1. The third kappa shape index (κ3) is 6.11. The van der Waals surface area contributed by atoms with Gasteiger partial charge in [0.05, 0.1) is 17.2 Å². The number of hydrogen-bond acceptors (Lipinski definition) is 6. The SMILES string of the molecule is CC(C)(C)C(=O)N1CCCC(C(=O)NNC(=O)c2ccccc2NS(=O)(=O)c2cccs2)C1. The number of carbonyl (C=O) groups is 3. The maximum absolute atomic E-state index is 12.7. The third-order valence-electron chi connectivity index (χ3n) is 5.20. The standard InChI is InChI=1S/C22H28N4O5S2/c1-22(2,3)21(29)26-12-6-8-15(14-26)19(27)23-24-20(28)16-9-4-5-10-17(16)25-33(30,31)18-11-7-13-32-18/h4-5,7,9-11,13,15,25H,6,8,12,14H2,1-3H3,(H,23,27)(H,24,28). The largest absolute Gasteiger partial charge is 0.341 e. The number of carbonyl (C=O) groups excluding carboxylic acids is 3. The first kappa shape index (κ1) is 24.7. The Morgan fingerprint density at radius 2 is 1.79 bits per heavy atom. The van der Waals surface area contributed by atoms with Crippen LogP contribution in [0.4, 0.5) is 5.69 Å². The molecule has 0 radical (unpaired) electrons. The molecule has 3 N–H and O–H groups in total. The minimum absolute atomic E-state index is 0.0176. The zero-order chi connectivity index (χ0) is 24.2. The number of amides is 3. The molecule has 1 saturated heterocycles. The molecule has 2 aromatic rings. The molecule has 1 aromatic heterocycles. The third-order valence-corrected chi connectivity index (χ3v) is 7.96. The van der Waals surface area contributed by atoms with Crippen LogP contribution >= 0.6 is 11.3 Å². The summed E-state index contributed by atoms with van der Waals surface area (Å²) in [6.07, 6.45) is 1.30. The summed E-state index contributed by atoms with van der Waals surface area (Å²) in [5.41, 5.74) is 4.39. The Kier molecular flexibility index (Phi) is 7.43. The van der Waals surface area contributed by atoms with Crippen molar-refractivity contribution in [1.82, 2.24) is 15.8 Å². The predicted octanol–water partition coefficient (Wildman–Crippen LogP) is 2.59. The smallest absolute Gasteiger partial charge is 0.271 e. The first-order valence-electron chi connectivity index (χ1n) is 10.5. The van der Waals surface area contributed by atoms with Crippen LogP contribution in [-0.2, 0) is 19.6 Å². The summed E-state index contributed by atoms with van der Waals surface area (Å²) < 4.78 is 27.6. The zero-order valence-corrected chi connectivity index (χ0v) is 20.4. The van der Waals surface area contributed by atoms with Crippen LogP contribution in [-0.4, -0.2) is 44.1 Å². The zero-order valence-electron chi connectivity index (χ0n) is 18.8. The maximum atomic E-state index is 12.7. The summed E-state index contributed by atoms with van der Waals surface area (Å²) in [7, 11) is -3.84. The molecule has 0 bridgehead atoms. The van der Waals surface area contributed by atoms with E-state index in [-0.39, 0.29) is 27.9 Å². The Bertz CT molecular complexity index is 1120. The predicted molar refractivity (Wildman–Crippen MR) is 126 cm³/mol. The van der Waals surface area contributed by atoms with Gasteiger partial charge in [-0.25, -0.2) is 8.42 Å². The lowest BCUT2D eigenvalue weighted by Crippen LogP contribution is -2.51. The highest BCUT2D eigenvalue weighted by molar-refractivity contribution is 7.94. The second-order valence-corrected chi connectivity index (χ2v) is 11.7. The van der Waals surface area contributed by atoms with Crippen molar-refractivity contribution in [3.63, 3.8) is 0 Å². The number of hydrazine groups is 1. The van der Waals surface area contributed by atoms with Crippen molar-refractivity contribution < 1.29 is 22.8 Å². The van der Waals surface area contributed by atoms with E-state index in [2.05, 4.69) is 15.6 Å². The van der Waals surface area contributed by atoms with Crippen LogP contribution in [0.3, 0.4) is 0 Å². The first-order chi connectivity index (χ1) is 15.5. The summed E-state index contributed by atoms with van der Waals surface area (Å²) in [6.45, 7) is 6.40. The van der Waals surface area contributed by atoms with E-state index in [4.69, 9.17) is 0 Å². The lowest BCUT2D eigenvalue weighted by Gasteiger charge is -2.35. The van der Waals surface area contributed by atoms with Crippen LogP contribution in [0, 0.1) is 11.3 Å². The van der Waals surface area contributed by atoms with Gasteiger partial charge in [-0.2, -0.15) is 0 Å². The highest BCUT2D eigenvalue weighted by Crippen LogP contribution is 2.24. The molecule has 1 unspecified atom stereocenters. The Morgan fingerprint density at radius 1 is 1.06 bits per heavy atom. The van der Waals surface area contributed by atoms with Gasteiger partial charge in [-0.1, -0.05) is 39.0 Å². The number of para-hydroxylation sites is 1. The van der Waals surface area contributed by atoms with Crippen LogP contribution in [0.15, 0.2) is 46.0 Å². The molecule has 2 heterocycles. The van der Waals surface area contributed by atoms with Gasteiger partial charge in [0.25, 0.3) is 15.9 Å². The molecule has 9 nitrogen and oxygen atoms in total. The lowest BCUT2D eigenvalue weighted by atomic mass is 9.91. The van der Waals surface area contributed by atoms with Gasteiger partial charge in [0.1, 0.15) is 4.21 Å². The van der Waals surface area contributed by atoms with Crippen LogP contribution in [0.5, 0.6) is 0 Å². The number of nitrogens with one attached hydrogen (secondary N) is 3. The van der Waals surface area contributed by atoms with Gasteiger partial charge >= 0.3 is 0 Å². The lowest BCUT2D eigenvalue weighted by molar-refractivity contribution is -0.143. The number of likely N-dealkylation sites (tertiary alicyclic amines) is 1. The van der Waals surface area contributed by atoms with E-state index in [9.17, 15) is 22.8 Å². The van der Waals surface area contributed by atoms with Crippen LogP contribution in [0.2, 0.25) is 0 Å². The van der Waals surface area contributed by atoms with E-state index in [0.717, 1.165) is 11.3 Å². The average molecular weight is 493 g/mol. The van der Waals surface area contributed by atoms with E-state index in [1.165, 1.54) is 18.2 Å². The fourth-order valence-corrected chi connectivity index (χ4v) is 5.59. The van der Waals surface area contributed by atoms with Gasteiger partial charge in [-0.15, -0.1) is 11.3 Å². The number of rotatable bonds is 5. The molecule has 0 spiro atoms. The molecular weight excluding hydrogens is 464 g/mol. The number of piperidine rings is 1. The minimum Gasteiger partial charge on any atom is -0.341 e. The molecule has 11 heteroatoms. The fourth-order valence-electron chi connectivity index (χ4n) is 3.52. The number of benzene rings is 1. The highest BCUT2D eigenvalue weighted by atomic mass is 32.2. The number of sulfonamides is 1. The van der Waals surface area contributed by atoms with E-state index in [1.807, 2.05) is 20.8 Å². The van der Waals surface area contributed by atoms with Crippen LogP contribution in [0.1, 0.15) is 44.0 Å². The van der Waals surface area contributed by atoms with E-state index in [1.54, 1.807) is 28.5 Å². The van der Waals surface area contributed by atoms with Crippen molar-refractivity contribution in [3.05, 3.63) is 47.3 Å². The monoisotopic (exact) mass is 492 g/mol. The van der Waals surface area contributed by atoms with Crippen LogP contribution in [0.25, 0.3) is 0 Å². The summed E-state index contributed by atoms with van der Waals surface area (Å²) in [6, 6.07) is 9.21. The molecule has 1 aromatic carbocycles. The van der Waals surface area contributed by atoms with Gasteiger partial charge in [-0.3, -0.25) is 30.0 Å². The van der Waals surface area contributed by atoms with Gasteiger partial charge < -0.3 is 4.90 Å². The molecule has 33 heavy (non-hydrogen) atoms. The molecule has 1 aliphatic heterocycles. The normalized spacial score (nSPS) is 16.7. The van der Waals surface area contributed by atoms with Crippen molar-refractivity contribution in [3.8, 4) is 0 Å². The van der Waals surface area contributed by atoms with Gasteiger partial charge in [0, 0.05) is 18.5 Å². The molecule has 1 fully saturated rings. The van der Waals surface area contributed by atoms with E-state index < -0.39 is 33.2 Å². The Morgan fingerprint density at radius 3 is 2.45 bits per heavy atom. The van der Waals surface area contributed by atoms with Gasteiger partial charge in [-0.05, 0) is 36.4 Å². The molecule has 0 aliphatic carbocycles.